The molecule has 0 aliphatic carbocycles. The molecule has 2 aromatic rings. The normalized spacial score (nSPS) is 11.3. The molecule has 6 heteroatoms. The van der Waals surface area contributed by atoms with Gasteiger partial charge in [-0.1, -0.05) is 41.4 Å². The second-order valence-corrected chi connectivity index (χ2v) is 6.45. The number of benzene rings is 2. The van der Waals surface area contributed by atoms with Gasteiger partial charge in [-0.25, -0.2) is 4.79 Å². The van der Waals surface area contributed by atoms with E-state index in [1.54, 1.807) is 24.3 Å². The monoisotopic (exact) mass is 368 g/mol. The fourth-order valence-electron chi connectivity index (χ4n) is 1.97. The van der Waals surface area contributed by atoms with Crippen molar-refractivity contribution >= 4 is 46.5 Å². The smallest absolute Gasteiger partial charge is 0.339 e. The molecule has 0 aliphatic heterocycles. The maximum atomic E-state index is 11.4. The van der Waals surface area contributed by atoms with Gasteiger partial charge in [0.15, 0.2) is 0 Å². The zero-order chi connectivity index (χ0) is 16.8. The Morgan fingerprint density at radius 2 is 2.00 bits per heavy atom. The first-order valence-electron chi connectivity index (χ1n) is 6.65. The van der Waals surface area contributed by atoms with E-state index in [2.05, 4.69) is 0 Å². The molecule has 0 amide bonds. The van der Waals surface area contributed by atoms with Gasteiger partial charge in [0.05, 0.1) is 13.4 Å². The summed E-state index contributed by atoms with van der Waals surface area (Å²) in [4.78, 5) is 12.2. The minimum atomic E-state index is -1.04. The number of hydrogen-bond donors (Lipinski definition) is 1. The van der Waals surface area contributed by atoms with Crippen LogP contribution in [0.3, 0.4) is 0 Å². The third-order valence-corrected chi connectivity index (χ3v) is 4.76. The predicted molar refractivity (Wildman–Crippen MR) is 95.1 cm³/mol. The van der Waals surface area contributed by atoms with Crippen LogP contribution in [-0.2, 0) is 15.3 Å². The van der Waals surface area contributed by atoms with E-state index in [0.717, 1.165) is 10.5 Å². The van der Waals surface area contributed by atoms with Gasteiger partial charge in [0.25, 0.3) is 0 Å². The molecule has 0 fully saturated rings. The first-order chi connectivity index (χ1) is 11.0. The highest BCUT2D eigenvalue weighted by atomic mass is 35.5. The van der Waals surface area contributed by atoms with Crippen molar-refractivity contribution in [3.8, 4) is 0 Å². The molecule has 0 aromatic heterocycles. The fraction of sp³-hybridized carbons (Fsp3) is 0.118. The summed E-state index contributed by atoms with van der Waals surface area (Å²) in [5, 5.41) is 10.6. The lowest BCUT2D eigenvalue weighted by molar-refractivity contribution is -0.130. The van der Waals surface area contributed by atoms with Crippen molar-refractivity contribution in [2.75, 3.05) is 7.11 Å². The largest absolute Gasteiger partial charge is 0.503 e. The highest BCUT2D eigenvalue weighted by Crippen LogP contribution is 2.33. The molecule has 0 radical (unpaired) electrons. The number of rotatable bonds is 6. The first kappa shape index (κ1) is 17.7. The molecule has 23 heavy (non-hydrogen) atoms. The second-order valence-electron chi connectivity index (χ2n) is 4.59. The van der Waals surface area contributed by atoms with Crippen LogP contribution in [0.2, 0.25) is 10.0 Å². The molecule has 0 heterocycles. The Morgan fingerprint density at radius 1 is 1.26 bits per heavy atom. The van der Waals surface area contributed by atoms with Crippen LogP contribution < -0.4 is 0 Å². The van der Waals surface area contributed by atoms with E-state index in [1.165, 1.54) is 25.1 Å². The number of carboxylic acid groups (broad SMARTS) is 1. The minimum absolute atomic E-state index is 0.104. The van der Waals surface area contributed by atoms with Gasteiger partial charge in [0, 0.05) is 26.3 Å². The van der Waals surface area contributed by atoms with Crippen LogP contribution in [0.15, 0.2) is 53.6 Å². The van der Waals surface area contributed by atoms with Crippen molar-refractivity contribution in [3.63, 3.8) is 0 Å². The standard InChI is InChI=1S/C17H14Cl2O3S/c1-22-9-14(17(20)21)13-4-2-3-5-16(13)23-10-11-8-12(18)6-7-15(11)19/h2-9H,10H2,1H3,(H,20,21). The van der Waals surface area contributed by atoms with Gasteiger partial charge in [-0.2, -0.15) is 0 Å². The third-order valence-electron chi connectivity index (χ3n) is 3.03. The molecule has 0 unspecified atom stereocenters. The Bertz CT molecular complexity index is 744. The molecule has 1 N–H and O–H groups in total. The lowest BCUT2D eigenvalue weighted by atomic mass is 10.1. The van der Waals surface area contributed by atoms with Crippen LogP contribution in [0.4, 0.5) is 0 Å². The maximum absolute atomic E-state index is 11.4. The summed E-state index contributed by atoms with van der Waals surface area (Å²) in [6, 6.07) is 12.6. The summed E-state index contributed by atoms with van der Waals surface area (Å²) in [7, 11) is 1.42. The number of aliphatic carboxylic acids is 1. The molecule has 120 valence electrons. The molecular formula is C17H14Cl2O3S. The Balaban J connectivity index is 2.29. The summed E-state index contributed by atoms with van der Waals surface area (Å²) in [6.07, 6.45) is 1.23. The van der Waals surface area contributed by atoms with Gasteiger partial charge < -0.3 is 9.84 Å². The van der Waals surface area contributed by atoms with Gasteiger partial charge in [0.1, 0.15) is 5.57 Å². The van der Waals surface area contributed by atoms with Gasteiger partial charge in [-0.3, -0.25) is 0 Å². The predicted octanol–water partition coefficient (Wildman–Crippen LogP) is 5.36. The van der Waals surface area contributed by atoms with Crippen molar-refractivity contribution in [1.82, 2.24) is 0 Å². The Morgan fingerprint density at radius 3 is 2.70 bits per heavy atom. The highest BCUT2D eigenvalue weighted by molar-refractivity contribution is 7.98. The van der Waals surface area contributed by atoms with E-state index in [-0.39, 0.29) is 5.57 Å². The topological polar surface area (TPSA) is 46.5 Å². The average molecular weight is 369 g/mol. The number of ether oxygens (including phenoxy) is 1. The van der Waals surface area contributed by atoms with Crippen molar-refractivity contribution < 1.29 is 14.6 Å². The Hall–Kier alpha value is -1.62. The van der Waals surface area contributed by atoms with E-state index in [9.17, 15) is 9.90 Å². The molecule has 0 aliphatic rings. The van der Waals surface area contributed by atoms with Crippen molar-refractivity contribution in [1.29, 1.82) is 0 Å². The zero-order valence-electron chi connectivity index (χ0n) is 12.3. The number of methoxy groups -OCH3 is 1. The summed E-state index contributed by atoms with van der Waals surface area (Å²) in [5.74, 6) is -0.461. The summed E-state index contributed by atoms with van der Waals surface area (Å²) in [5.41, 5.74) is 1.60. The molecule has 3 nitrogen and oxygen atoms in total. The van der Waals surface area contributed by atoms with E-state index < -0.39 is 5.97 Å². The van der Waals surface area contributed by atoms with E-state index >= 15 is 0 Å². The number of carbonyl (C=O) groups is 1. The van der Waals surface area contributed by atoms with Crippen LogP contribution in [-0.4, -0.2) is 18.2 Å². The van der Waals surface area contributed by atoms with Crippen LogP contribution in [0.5, 0.6) is 0 Å². The van der Waals surface area contributed by atoms with Crippen LogP contribution in [0, 0.1) is 0 Å². The third kappa shape index (κ3) is 4.67. The maximum Gasteiger partial charge on any atom is 0.339 e. The molecule has 0 saturated heterocycles. The first-order valence-corrected chi connectivity index (χ1v) is 8.39. The second kappa shape index (κ2) is 8.29. The molecule has 0 atom stereocenters. The lowest BCUT2D eigenvalue weighted by Gasteiger charge is -2.10. The summed E-state index contributed by atoms with van der Waals surface area (Å²) in [6.45, 7) is 0. The highest BCUT2D eigenvalue weighted by Gasteiger charge is 2.15. The van der Waals surface area contributed by atoms with Crippen LogP contribution in [0.25, 0.3) is 5.57 Å². The number of carboxylic acids is 1. The SMILES string of the molecule is COC=C(C(=O)O)c1ccccc1SCc1cc(Cl)ccc1Cl. The van der Waals surface area contributed by atoms with Crippen molar-refractivity contribution in [2.45, 2.75) is 10.6 Å². The molecule has 0 saturated carbocycles. The van der Waals surface area contributed by atoms with E-state index in [1.807, 2.05) is 18.2 Å². The number of hydrogen-bond acceptors (Lipinski definition) is 3. The van der Waals surface area contributed by atoms with E-state index in [4.69, 9.17) is 27.9 Å². The molecule has 2 rings (SSSR count). The van der Waals surface area contributed by atoms with Crippen molar-refractivity contribution in [2.24, 2.45) is 0 Å². The Kier molecular flexibility index (Phi) is 6.39. The lowest BCUT2D eigenvalue weighted by Crippen LogP contribution is -2.01. The van der Waals surface area contributed by atoms with Gasteiger partial charge in [0.2, 0.25) is 0 Å². The number of thioether (sulfide) groups is 1. The molecule has 0 bridgehead atoms. The van der Waals surface area contributed by atoms with Crippen LogP contribution in [0.1, 0.15) is 11.1 Å². The van der Waals surface area contributed by atoms with E-state index in [0.29, 0.717) is 21.4 Å². The zero-order valence-corrected chi connectivity index (χ0v) is 14.6. The summed E-state index contributed by atoms with van der Waals surface area (Å²) >= 11 is 13.7. The number of halogens is 2. The molecule has 0 spiro atoms. The quantitative estimate of drug-likeness (QED) is 0.423. The Labute approximate surface area is 148 Å². The average Bonchev–Trinajstić information content (AvgIpc) is 2.53. The molecular weight excluding hydrogens is 355 g/mol. The van der Waals surface area contributed by atoms with Gasteiger partial charge in [-0.15, -0.1) is 11.8 Å². The summed E-state index contributed by atoms with van der Waals surface area (Å²) < 4.78 is 4.88. The van der Waals surface area contributed by atoms with Crippen LogP contribution >= 0.6 is 35.0 Å². The van der Waals surface area contributed by atoms with Gasteiger partial charge in [-0.05, 0) is 29.8 Å². The van der Waals surface area contributed by atoms with Crippen molar-refractivity contribution in [3.05, 3.63) is 69.9 Å². The molecule has 2 aromatic carbocycles. The fourth-order valence-corrected chi connectivity index (χ4v) is 3.49. The minimum Gasteiger partial charge on any atom is -0.503 e. The van der Waals surface area contributed by atoms with Gasteiger partial charge >= 0.3 is 5.97 Å².